The summed E-state index contributed by atoms with van der Waals surface area (Å²) in [4.78, 5) is 17.7. The summed E-state index contributed by atoms with van der Waals surface area (Å²) in [7, 11) is 3.10. The molecule has 0 amide bonds. The molecule has 0 spiro atoms. The lowest BCUT2D eigenvalue weighted by Gasteiger charge is -2.27. The minimum Gasteiger partial charge on any atom is -0.435 e. The Morgan fingerprint density at radius 3 is 2.30 bits per heavy atom. The first-order chi connectivity index (χ1) is 12.7. The van der Waals surface area contributed by atoms with Crippen LogP contribution in [0.15, 0.2) is 47.5 Å². The number of nitrogens with two attached hydrogens (primary N) is 1. The third-order valence-corrected chi connectivity index (χ3v) is 3.72. The number of ether oxygens (including phenoxy) is 1. The van der Waals surface area contributed by atoms with Crippen LogP contribution in [0.5, 0.6) is 5.75 Å². The maximum atomic E-state index is 13.8. The number of aliphatic imine (C=N–C) groups is 1. The molecule has 0 saturated carbocycles. The molecule has 9 heteroatoms. The van der Waals surface area contributed by atoms with Crippen LogP contribution in [0.3, 0.4) is 0 Å². The van der Waals surface area contributed by atoms with Crippen LogP contribution in [0.25, 0.3) is 0 Å². The summed E-state index contributed by atoms with van der Waals surface area (Å²) < 4.78 is 57.0. The number of hydrogen-bond acceptors (Lipinski definition) is 3. The van der Waals surface area contributed by atoms with E-state index < -0.39 is 23.8 Å². The molecule has 0 fully saturated rings. The number of carbonyl (C=O) groups excluding carboxylic acids is 1. The van der Waals surface area contributed by atoms with E-state index in [1.807, 2.05) is 0 Å². The molecular formula is C18H17F4N3O2. The molecule has 5 nitrogen and oxygen atoms in total. The summed E-state index contributed by atoms with van der Waals surface area (Å²) in [6.07, 6.45) is 0.332. The van der Waals surface area contributed by atoms with Gasteiger partial charge in [-0.15, -0.1) is 0 Å². The van der Waals surface area contributed by atoms with Crippen LogP contribution in [0, 0.1) is 11.6 Å². The highest BCUT2D eigenvalue weighted by atomic mass is 19.3. The van der Waals surface area contributed by atoms with Crippen LogP contribution < -0.4 is 10.5 Å². The molecule has 2 N–H and O–H groups in total. The fourth-order valence-electron chi connectivity index (χ4n) is 2.42. The third-order valence-electron chi connectivity index (χ3n) is 3.72. The summed E-state index contributed by atoms with van der Waals surface area (Å²) in [5.74, 6) is -2.24. The first-order valence-electron chi connectivity index (χ1n) is 7.69. The molecule has 2 aromatic rings. The molecule has 2 aromatic carbocycles. The van der Waals surface area contributed by atoms with Gasteiger partial charge in [-0.25, -0.2) is 13.8 Å². The highest BCUT2D eigenvalue weighted by Gasteiger charge is 2.36. The van der Waals surface area contributed by atoms with E-state index in [-0.39, 0.29) is 22.8 Å². The van der Waals surface area contributed by atoms with Gasteiger partial charge < -0.3 is 15.4 Å². The highest BCUT2D eigenvalue weighted by molar-refractivity contribution is 5.84. The molecule has 2 rings (SSSR count). The fraction of sp³-hybridized carbons (Fsp3) is 0.222. The Bertz CT molecular complexity index is 838. The molecule has 0 radical (unpaired) electrons. The van der Waals surface area contributed by atoms with Gasteiger partial charge in [-0.3, -0.25) is 4.79 Å². The molecule has 1 unspecified atom stereocenters. The second-order valence-corrected chi connectivity index (χ2v) is 5.81. The summed E-state index contributed by atoms with van der Waals surface area (Å²) in [5.41, 5.74) is 3.74. The summed E-state index contributed by atoms with van der Waals surface area (Å²) in [6, 6.07) is 7.60. The third kappa shape index (κ3) is 4.55. The number of guanidine groups is 1. The smallest absolute Gasteiger partial charge is 0.387 e. The molecule has 0 heterocycles. The van der Waals surface area contributed by atoms with E-state index in [1.165, 1.54) is 23.1 Å². The van der Waals surface area contributed by atoms with E-state index in [4.69, 9.17) is 5.73 Å². The Morgan fingerprint density at radius 2 is 1.78 bits per heavy atom. The van der Waals surface area contributed by atoms with Gasteiger partial charge >= 0.3 is 6.61 Å². The van der Waals surface area contributed by atoms with E-state index in [9.17, 15) is 22.4 Å². The van der Waals surface area contributed by atoms with Gasteiger partial charge in [0.25, 0.3) is 0 Å². The van der Waals surface area contributed by atoms with Gasteiger partial charge in [0.2, 0.25) is 0 Å². The zero-order chi connectivity index (χ0) is 20.2. The Kier molecular flexibility index (Phi) is 6.04. The number of carbonyl (C=O) groups is 1. The lowest BCUT2D eigenvalue weighted by molar-refractivity contribution is -0.111. The van der Waals surface area contributed by atoms with Crippen molar-refractivity contribution in [3.8, 4) is 5.75 Å². The lowest BCUT2D eigenvalue weighted by Crippen LogP contribution is -2.37. The average Bonchev–Trinajstić information content (AvgIpc) is 2.58. The van der Waals surface area contributed by atoms with Gasteiger partial charge in [-0.05, 0) is 35.4 Å². The van der Waals surface area contributed by atoms with Gasteiger partial charge in [0, 0.05) is 20.2 Å². The van der Waals surface area contributed by atoms with E-state index in [0.29, 0.717) is 12.4 Å². The average molecular weight is 383 g/mol. The van der Waals surface area contributed by atoms with Crippen molar-refractivity contribution >= 4 is 12.2 Å². The maximum Gasteiger partial charge on any atom is 0.387 e. The molecule has 144 valence electrons. The van der Waals surface area contributed by atoms with Crippen LogP contribution in [-0.4, -0.2) is 37.9 Å². The Morgan fingerprint density at radius 1 is 1.15 bits per heavy atom. The Labute approximate surface area is 153 Å². The highest BCUT2D eigenvalue weighted by Crippen LogP contribution is 2.35. The van der Waals surface area contributed by atoms with Crippen LogP contribution >= 0.6 is 0 Å². The molecule has 0 saturated heterocycles. The Balaban J connectivity index is 2.76. The van der Waals surface area contributed by atoms with Crippen molar-refractivity contribution in [2.24, 2.45) is 10.7 Å². The van der Waals surface area contributed by atoms with Crippen LogP contribution in [0.4, 0.5) is 17.6 Å². The molecule has 27 heavy (non-hydrogen) atoms. The predicted octanol–water partition coefficient (Wildman–Crippen LogP) is 2.89. The summed E-state index contributed by atoms with van der Waals surface area (Å²) >= 11 is 0. The first-order valence-corrected chi connectivity index (χ1v) is 7.69. The van der Waals surface area contributed by atoms with Crippen molar-refractivity contribution in [1.82, 2.24) is 4.90 Å². The van der Waals surface area contributed by atoms with Crippen LogP contribution in [0.2, 0.25) is 0 Å². The molecule has 0 aliphatic rings. The molecule has 1 atom stereocenters. The van der Waals surface area contributed by atoms with Gasteiger partial charge in [0.15, 0.2) is 17.8 Å². The molecule has 0 bridgehead atoms. The first kappa shape index (κ1) is 20.2. The second-order valence-electron chi connectivity index (χ2n) is 5.81. The predicted molar refractivity (Wildman–Crippen MR) is 91.6 cm³/mol. The van der Waals surface area contributed by atoms with E-state index >= 15 is 0 Å². The summed E-state index contributed by atoms with van der Waals surface area (Å²) in [5, 5.41) is 0. The number of nitrogens with zero attached hydrogens (tertiary/aromatic N) is 2. The molecule has 0 aliphatic carbocycles. The number of benzene rings is 2. The lowest BCUT2D eigenvalue weighted by atomic mass is 9.84. The second kappa shape index (κ2) is 8.07. The number of halogens is 4. The maximum absolute atomic E-state index is 13.8. The molecule has 0 aliphatic heterocycles. The quantitative estimate of drug-likeness (QED) is 0.361. The number of rotatable bonds is 6. The van der Waals surface area contributed by atoms with Crippen LogP contribution in [-0.2, 0) is 10.3 Å². The van der Waals surface area contributed by atoms with Crippen molar-refractivity contribution in [2.75, 3.05) is 14.1 Å². The standard InChI is InChI=1S/C18H17F4N3O2/c1-25(2)17(23)24-18(10-26,12-6-13(19)9-14(20)7-12)11-4-3-5-15(8-11)27-16(21)22/h3-10,16H,1-2H3,(H2,23,24). The SMILES string of the molecule is CN(C)C(N)=NC(C=O)(c1cc(F)cc(F)c1)c1cccc(OC(F)F)c1. The van der Waals surface area contributed by atoms with Gasteiger partial charge in [0.05, 0.1) is 0 Å². The van der Waals surface area contributed by atoms with Crippen molar-refractivity contribution in [3.63, 3.8) is 0 Å². The van der Waals surface area contributed by atoms with E-state index in [0.717, 1.165) is 18.2 Å². The minimum absolute atomic E-state index is 0.0467. The van der Waals surface area contributed by atoms with E-state index in [1.54, 1.807) is 14.1 Å². The van der Waals surface area contributed by atoms with Crippen LogP contribution in [0.1, 0.15) is 11.1 Å². The van der Waals surface area contributed by atoms with Crippen molar-refractivity contribution in [1.29, 1.82) is 0 Å². The zero-order valence-corrected chi connectivity index (χ0v) is 14.5. The fourth-order valence-corrected chi connectivity index (χ4v) is 2.42. The van der Waals surface area contributed by atoms with E-state index in [2.05, 4.69) is 9.73 Å². The Hall–Kier alpha value is -3.10. The topological polar surface area (TPSA) is 67.9 Å². The summed E-state index contributed by atoms with van der Waals surface area (Å²) in [6.45, 7) is -3.09. The van der Waals surface area contributed by atoms with Gasteiger partial charge in [-0.1, -0.05) is 12.1 Å². The normalized spacial score (nSPS) is 14.0. The number of aldehydes is 1. The minimum atomic E-state index is -3.09. The van der Waals surface area contributed by atoms with Gasteiger partial charge in [0.1, 0.15) is 17.4 Å². The van der Waals surface area contributed by atoms with Crippen molar-refractivity contribution < 1.29 is 27.1 Å². The number of hydrogen-bond donors (Lipinski definition) is 1. The number of alkyl halides is 2. The zero-order valence-electron chi connectivity index (χ0n) is 14.5. The van der Waals surface area contributed by atoms with Gasteiger partial charge in [-0.2, -0.15) is 8.78 Å². The largest absolute Gasteiger partial charge is 0.435 e. The van der Waals surface area contributed by atoms with Crippen molar-refractivity contribution in [2.45, 2.75) is 12.2 Å². The van der Waals surface area contributed by atoms with Crippen molar-refractivity contribution in [3.05, 3.63) is 65.2 Å². The molecule has 0 aromatic heterocycles. The molecular weight excluding hydrogens is 366 g/mol. The monoisotopic (exact) mass is 383 g/mol.